The number of amides is 1. The van der Waals surface area contributed by atoms with Crippen LogP contribution in [0.1, 0.15) is 60.2 Å². The normalized spacial score (nSPS) is 15.0. The van der Waals surface area contributed by atoms with Crippen LogP contribution in [0, 0.1) is 23.5 Å². The van der Waals surface area contributed by atoms with Crippen molar-refractivity contribution in [2.45, 2.75) is 75.3 Å². The van der Waals surface area contributed by atoms with Crippen LogP contribution in [0.4, 0.5) is 49.7 Å². The number of halogens is 11. The van der Waals surface area contributed by atoms with E-state index < -0.39 is 107 Å². The van der Waals surface area contributed by atoms with Gasteiger partial charge in [0.05, 0.1) is 27.7 Å². The lowest BCUT2D eigenvalue weighted by Crippen LogP contribution is -2.35. The number of benzene rings is 2. The van der Waals surface area contributed by atoms with Crippen molar-refractivity contribution in [2.24, 2.45) is 0 Å². The highest BCUT2D eigenvalue weighted by Gasteiger charge is 2.50. The maximum atomic E-state index is 15.0. The van der Waals surface area contributed by atoms with Gasteiger partial charge in [0.2, 0.25) is 5.91 Å². The second-order valence-electron chi connectivity index (χ2n) is 14.6. The Morgan fingerprint density at radius 2 is 1.69 bits per heavy atom. The third-order valence-electron chi connectivity index (χ3n) is 9.83. The lowest BCUT2D eigenvalue weighted by Gasteiger charge is -2.23. The van der Waals surface area contributed by atoms with Gasteiger partial charge in [0.25, 0.3) is 5.92 Å². The Kier molecular flexibility index (Phi) is 12.6. The number of aromatic nitrogens is 5. The van der Waals surface area contributed by atoms with Gasteiger partial charge in [0.1, 0.15) is 40.9 Å². The number of nitrogens with zero attached hydrogens (tertiary/aromatic N) is 6. The maximum Gasteiger partial charge on any atom is 0.435 e. The number of nitrogens with one attached hydrogen (secondary N) is 1. The molecule has 6 rings (SSSR count). The number of anilines is 1. The molecule has 0 saturated carbocycles. The second kappa shape index (κ2) is 16.8. The number of fused-ring (bicyclic) bond motifs is 2. The summed E-state index contributed by atoms with van der Waals surface area (Å²) in [6.45, 7) is 0.404. The molecular weight excluding hydrogens is 888 g/mol. The molecule has 2 unspecified atom stereocenters. The average Bonchev–Trinajstić information content (AvgIpc) is 3.81. The predicted octanol–water partition coefficient (Wildman–Crippen LogP) is 9.17. The van der Waals surface area contributed by atoms with Crippen LogP contribution in [-0.2, 0) is 53.6 Å². The van der Waals surface area contributed by atoms with Crippen molar-refractivity contribution in [2.75, 3.05) is 23.9 Å². The number of alkyl halides is 8. The van der Waals surface area contributed by atoms with Crippen molar-refractivity contribution in [3.05, 3.63) is 93.0 Å². The molecule has 2 aromatic carbocycles. The minimum Gasteiger partial charge on any atom is -0.346 e. The standard InChI is InChI=1S/C39H34ClF10N7O2S2/c1-36(2,61(5)59)12-10-23-6-7-24(25-8-9-27(40)30-32(25)57(19-38(45,46)47)54-35(30)55(3)60-4)31(51-23)28(16-20-14-21(41)17-22(42)15-20)52-29(58)18-56-34-26(11-13-37(34,43)44)33(53-56)39(48,49)50/h6-9,14-15,17,28H,11,13,16,18-19H2,1-5H3,(H,52,58). The Bertz CT molecular complexity index is 2590. The lowest BCUT2D eigenvalue weighted by molar-refractivity contribution is -0.142. The largest absolute Gasteiger partial charge is 0.435 e. The van der Waals surface area contributed by atoms with E-state index >= 15 is 8.78 Å². The molecule has 0 fully saturated rings. The zero-order chi connectivity index (χ0) is 45.0. The van der Waals surface area contributed by atoms with Gasteiger partial charge in [0, 0.05) is 59.5 Å². The van der Waals surface area contributed by atoms with Gasteiger partial charge in [-0.05, 0) is 68.5 Å². The highest BCUT2D eigenvalue weighted by Crippen LogP contribution is 2.47. The third-order valence-corrected chi connectivity index (χ3v) is 12.4. The van der Waals surface area contributed by atoms with Gasteiger partial charge in [-0.1, -0.05) is 35.5 Å². The smallest absolute Gasteiger partial charge is 0.346 e. The summed E-state index contributed by atoms with van der Waals surface area (Å²) >= 11 is 7.75. The molecule has 0 bridgehead atoms. The van der Waals surface area contributed by atoms with Crippen LogP contribution in [0.15, 0.2) is 42.5 Å². The first-order valence-electron chi connectivity index (χ1n) is 18.0. The van der Waals surface area contributed by atoms with E-state index in [2.05, 4.69) is 32.3 Å². The third kappa shape index (κ3) is 9.81. The van der Waals surface area contributed by atoms with Crippen LogP contribution in [0.25, 0.3) is 22.0 Å². The molecule has 1 aliphatic carbocycles. The lowest BCUT2D eigenvalue weighted by atomic mass is 9.93. The Morgan fingerprint density at radius 3 is 2.30 bits per heavy atom. The minimum absolute atomic E-state index is 0.0109. The van der Waals surface area contributed by atoms with Crippen LogP contribution < -0.4 is 9.62 Å². The fraction of sp³-hybridized carbons (Fsp3) is 0.385. The summed E-state index contributed by atoms with van der Waals surface area (Å²) in [7, 11) is 0.0675. The first-order valence-corrected chi connectivity index (χ1v) is 21.1. The number of hydrogen-bond acceptors (Lipinski definition) is 7. The van der Waals surface area contributed by atoms with E-state index in [0.717, 1.165) is 24.1 Å². The van der Waals surface area contributed by atoms with E-state index in [1.807, 2.05) is 0 Å². The van der Waals surface area contributed by atoms with Crippen molar-refractivity contribution in [3.63, 3.8) is 0 Å². The average molecular weight is 922 g/mol. The Hall–Kier alpha value is -4.81. The molecule has 61 heavy (non-hydrogen) atoms. The molecule has 0 spiro atoms. The second-order valence-corrected chi connectivity index (χ2v) is 17.8. The number of hydrogen-bond donors (Lipinski definition) is 1. The quantitative estimate of drug-likeness (QED) is 0.0802. The summed E-state index contributed by atoms with van der Waals surface area (Å²) < 4.78 is 157. The highest BCUT2D eigenvalue weighted by molar-refractivity contribution is 7.99. The molecular formula is C39H34ClF10N7O2S2. The maximum absolute atomic E-state index is 15.0. The Morgan fingerprint density at radius 1 is 1.03 bits per heavy atom. The van der Waals surface area contributed by atoms with Crippen LogP contribution >= 0.6 is 23.5 Å². The summed E-state index contributed by atoms with van der Waals surface area (Å²) in [6.07, 6.45) is -9.00. The van der Waals surface area contributed by atoms with Crippen LogP contribution in [0.2, 0.25) is 5.02 Å². The molecule has 0 saturated heterocycles. The molecule has 9 nitrogen and oxygen atoms in total. The topological polar surface area (TPSA) is 97.9 Å². The van der Waals surface area contributed by atoms with Crippen molar-refractivity contribution in [1.82, 2.24) is 29.9 Å². The predicted molar refractivity (Wildman–Crippen MR) is 211 cm³/mol. The summed E-state index contributed by atoms with van der Waals surface area (Å²) in [5.41, 5.74) is -3.85. The van der Waals surface area contributed by atoms with Crippen molar-refractivity contribution in [1.29, 1.82) is 0 Å². The first-order chi connectivity index (χ1) is 28.3. The summed E-state index contributed by atoms with van der Waals surface area (Å²) in [4.78, 5) is 18.6. The molecule has 0 radical (unpaired) electrons. The van der Waals surface area contributed by atoms with Crippen molar-refractivity contribution >= 4 is 57.0 Å². The Labute approximate surface area is 353 Å². The monoisotopic (exact) mass is 921 g/mol. The molecule has 1 amide bonds. The molecule has 1 N–H and O–H groups in total. The van der Waals surface area contributed by atoms with Crippen molar-refractivity contribution < 1.29 is 52.9 Å². The summed E-state index contributed by atoms with van der Waals surface area (Å²) in [5.74, 6) is -1.34. The minimum atomic E-state index is -5.14. The van der Waals surface area contributed by atoms with E-state index in [1.165, 1.54) is 34.8 Å². The van der Waals surface area contributed by atoms with Gasteiger partial charge < -0.3 is 9.62 Å². The molecule has 2 atom stereocenters. The van der Waals surface area contributed by atoms with Crippen molar-refractivity contribution in [3.8, 4) is 23.0 Å². The van der Waals surface area contributed by atoms with Crippen LogP contribution in [0.5, 0.6) is 0 Å². The molecule has 3 aromatic heterocycles. The molecule has 0 aliphatic heterocycles. The molecule has 22 heteroatoms. The molecule has 1 aliphatic rings. The van der Waals surface area contributed by atoms with Gasteiger partial charge in [-0.3, -0.25) is 18.4 Å². The first kappa shape index (κ1) is 45.7. The SMILES string of the molecule is CSN(C)c1nn(CC(F)(F)F)c2c(-c3ccc(C#CC(C)(C)S(C)=O)nc3C(Cc3cc(F)cc(F)c3)NC(=O)Cn3nc(C(F)(F)F)c4c3C(F)(F)CC4)ccc(Cl)c12. The van der Waals surface area contributed by atoms with Gasteiger partial charge in [-0.25, -0.2) is 13.8 Å². The van der Waals surface area contributed by atoms with E-state index in [1.54, 1.807) is 27.2 Å². The zero-order valence-corrected chi connectivity index (χ0v) is 35.0. The Balaban J connectivity index is 1.60. The van der Waals surface area contributed by atoms with Gasteiger partial charge in [-0.15, -0.1) is 0 Å². The van der Waals surface area contributed by atoms with E-state index in [0.29, 0.717) is 10.7 Å². The van der Waals surface area contributed by atoms with Crippen LogP contribution in [0.3, 0.4) is 0 Å². The number of carbonyl (C=O) groups is 1. The fourth-order valence-electron chi connectivity index (χ4n) is 6.84. The van der Waals surface area contributed by atoms with E-state index in [-0.39, 0.29) is 54.5 Å². The van der Waals surface area contributed by atoms with Gasteiger partial charge in [-0.2, -0.15) is 45.3 Å². The number of rotatable bonds is 11. The van der Waals surface area contributed by atoms with Gasteiger partial charge >= 0.3 is 12.4 Å². The highest BCUT2D eigenvalue weighted by atomic mass is 35.5. The molecule has 3 heterocycles. The molecule has 5 aromatic rings. The number of pyridine rings is 1. The van der Waals surface area contributed by atoms with E-state index in [9.17, 15) is 44.1 Å². The molecule has 326 valence electrons. The van der Waals surface area contributed by atoms with Crippen LogP contribution in [-0.4, -0.2) is 65.1 Å². The summed E-state index contributed by atoms with van der Waals surface area (Å²) in [5, 5.41) is 10.2. The number of carbonyl (C=O) groups excluding carboxylic acids is 1. The van der Waals surface area contributed by atoms with Gasteiger partial charge in [0.15, 0.2) is 11.5 Å². The zero-order valence-electron chi connectivity index (χ0n) is 32.6. The fourth-order valence-corrected chi connectivity index (χ4v) is 7.57. The van der Waals surface area contributed by atoms with E-state index in [4.69, 9.17) is 11.6 Å². The summed E-state index contributed by atoms with van der Waals surface area (Å²) in [6, 6.07) is 6.41.